The molecule has 0 spiro atoms. The second-order valence-electron chi connectivity index (χ2n) is 8.17. The Morgan fingerprint density at radius 1 is 1.03 bits per heavy atom. The number of benzene rings is 2. The number of fused-ring (bicyclic) bond motifs is 1. The Hall–Kier alpha value is -3.08. The third-order valence-electron chi connectivity index (χ3n) is 6.07. The van der Waals surface area contributed by atoms with Gasteiger partial charge in [-0.3, -0.25) is 4.79 Å². The van der Waals surface area contributed by atoms with Crippen LogP contribution in [0.25, 0.3) is 11.4 Å². The predicted octanol–water partition coefficient (Wildman–Crippen LogP) is 2.26. The monoisotopic (exact) mass is 468 g/mol. The third kappa shape index (κ3) is 4.17. The molecule has 1 amide bonds. The van der Waals surface area contributed by atoms with Gasteiger partial charge in [-0.15, -0.1) is 0 Å². The summed E-state index contributed by atoms with van der Waals surface area (Å²) < 4.78 is 39.0. The first-order chi connectivity index (χ1) is 15.9. The highest BCUT2D eigenvalue weighted by molar-refractivity contribution is 7.89. The highest BCUT2D eigenvalue weighted by Gasteiger charge is 2.30. The molecule has 2 aliphatic rings. The van der Waals surface area contributed by atoms with Gasteiger partial charge in [0.2, 0.25) is 15.8 Å². The Labute approximate surface area is 192 Å². The van der Waals surface area contributed by atoms with Crippen molar-refractivity contribution in [3.8, 4) is 11.4 Å². The van der Waals surface area contributed by atoms with Gasteiger partial charge in [0.15, 0.2) is 0 Å². The number of hydrogen-bond donors (Lipinski definition) is 0. The fourth-order valence-corrected chi connectivity index (χ4v) is 5.83. The minimum atomic E-state index is -3.73. The number of ether oxygens (including phenoxy) is 1. The van der Waals surface area contributed by atoms with Crippen LogP contribution in [0.5, 0.6) is 0 Å². The van der Waals surface area contributed by atoms with E-state index in [1.165, 1.54) is 9.87 Å². The van der Waals surface area contributed by atoms with Crippen LogP contribution < -0.4 is 0 Å². The molecule has 0 radical (unpaired) electrons. The molecule has 2 aliphatic heterocycles. The van der Waals surface area contributed by atoms with Crippen LogP contribution in [0.3, 0.4) is 0 Å². The first-order valence-corrected chi connectivity index (χ1v) is 12.3. The first-order valence-electron chi connectivity index (χ1n) is 10.8. The summed E-state index contributed by atoms with van der Waals surface area (Å²) in [5, 5.41) is 3.92. The maximum Gasteiger partial charge on any atom is 0.316 e. The average Bonchev–Trinajstić information content (AvgIpc) is 3.34. The summed E-state index contributed by atoms with van der Waals surface area (Å²) in [4.78, 5) is 18.6. The summed E-state index contributed by atoms with van der Waals surface area (Å²) in [5.41, 5.74) is 3.30. The number of carbonyl (C=O) groups is 1. The Morgan fingerprint density at radius 3 is 2.58 bits per heavy atom. The number of sulfonamides is 1. The number of aromatic nitrogens is 2. The summed E-state index contributed by atoms with van der Waals surface area (Å²) in [7, 11) is -3.73. The molecule has 33 heavy (non-hydrogen) atoms. The predicted molar refractivity (Wildman–Crippen MR) is 119 cm³/mol. The lowest BCUT2D eigenvalue weighted by Crippen LogP contribution is -2.40. The molecule has 2 aromatic carbocycles. The molecule has 5 rings (SSSR count). The summed E-state index contributed by atoms with van der Waals surface area (Å²) in [6.07, 6.45) is 0.673. The summed E-state index contributed by atoms with van der Waals surface area (Å²) in [5.74, 6) is -0.305. The Balaban J connectivity index is 1.42. The van der Waals surface area contributed by atoms with E-state index in [2.05, 4.69) is 10.1 Å². The second-order valence-corrected chi connectivity index (χ2v) is 10.1. The van der Waals surface area contributed by atoms with Gasteiger partial charge in [-0.25, -0.2) is 8.42 Å². The summed E-state index contributed by atoms with van der Waals surface area (Å²) in [6.45, 7) is 4.37. The SMILES string of the molecule is Cc1ccc(-c2noc(C(=O)N3CCOCC3)n2)cc1S(=O)(=O)N1CCc2ccccc2C1. The number of amides is 1. The smallest absolute Gasteiger partial charge is 0.316 e. The molecule has 0 N–H and O–H groups in total. The molecule has 172 valence electrons. The molecule has 0 unspecified atom stereocenters. The molecular formula is C23H24N4O5S. The minimum absolute atomic E-state index is 0.121. The van der Waals surface area contributed by atoms with Crippen molar-refractivity contribution in [1.29, 1.82) is 0 Å². The number of carbonyl (C=O) groups excluding carboxylic acids is 1. The van der Waals surface area contributed by atoms with Gasteiger partial charge >= 0.3 is 11.8 Å². The number of morpholine rings is 1. The quantitative estimate of drug-likeness (QED) is 0.578. The van der Waals surface area contributed by atoms with E-state index in [1.54, 1.807) is 30.0 Å². The minimum Gasteiger partial charge on any atom is -0.378 e. The van der Waals surface area contributed by atoms with E-state index < -0.39 is 10.0 Å². The first kappa shape index (κ1) is 21.7. The maximum absolute atomic E-state index is 13.5. The van der Waals surface area contributed by atoms with Crippen LogP contribution in [0, 0.1) is 6.92 Å². The van der Waals surface area contributed by atoms with Crippen LogP contribution in [0.1, 0.15) is 27.4 Å². The largest absolute Gasteiger partial charge is 0.378 e. The van der Waals surface area contributed by atoms with Gasteiger partial charge in [0.1, 0.15) is 0 Å². The molecule has 3 heterocycles. The lowest BCUT2D eigenvalue weighted by Gasteiger charge is -2.28. The molecule has 0 saturated carbocycles. The van der Waals surface area contributed by atoms with Crippen molar-refractivity contribution in [3.05, 3.63) is 65.0 Å². The van der Waals surface area contributed by atoms with Gasteiger partial charge in [-0.1, -0.05) is 41.6 Å². The molecular weight excluding hydrogens is 444 g/mol. The highest BCUT2D eigenvalue weighted by Crippen LogP contribution is 2.29. The van der Waals surface area contributed by atoms with Gasteiger partial charge in [-0.2, -0.15) is 9.29 Å². The Morgan fingerprint density at radius 2 is 1.79 bits per heavy atom. The zero-order valence-corrected chi connectivity index (χ0v) is 19.0. The van der Waals surface area contributed by atoms with Gasteiger partial charge in [-0.05, 0) is 36.1 Å². The van der Waals surface area contributed by atoms with E-state index in [1.807, 2.05) is 24.3 Å². The molecule has 1 aromatic heterocycles. The van der Waals surface area contributed by atoms with Crippen LogP contribution in [0.15, 0.2) is 51.9 Å². The fourth-order valence-electron chi connectivity index (χ4n) is 4.16. The van der Waals surface area contributed by atoms with E-state index in [0.29, 0.717) is 56.9 Å². The van der Waals surface area contributed by atoms with Crippen LogP contribution in [-0.2, 0) is 27.7 Å². The molecule has 0 bridgehead atoms. The molecule has 3 aromatic rings. The number of nitrogens with zero attached hydrogens (tertiary/aromatic N) is 4. The molecule has 9 nitrogen and oxygen atoms in total. The van der Waals surface area contributed by atoms with E-state index in [-0.39, 0.29) is 22.5 Å². The van der Waals surface area contributed by atoms with Gasteiger partial charge in [0.05, 0.1) is 18.1 Å². The van der Waals surface area contributed by atoms with E-state index in [9.17, 15) is 13.2 Å². The summed E-state index contributed by atoms with van der Waals surface area (Å²) >= 11 is 0. The van der Waals surface area contributed by atoms with E-state index >= 15 is 0 Å². The average molecular weight is 469 g/mol. The third-order valence-corrected chi connectivity index (χ3v) is 8.05. The number of hydrogen-bond acceptors (Lipinski definition) is 7. The molecule has 1 fully saturated rings. The number of rotatable bonds is 4. The topological polar surface area (TPSA) is 106 Å². The van der Waals surface area contributed by atoms with Crippen molar-refractivity contribution in [2.45, 2.75) is 24.8 Å². The second kappa shape index (κ2) is 8.69. The molecule has 0 atom stereocenters. The molecule has 0 aliphatic carbocycles. The van der Waals surface area contributed by atoms with Gasteiger partial charge in [0, 0.05) is 31.7 Å². The van der Waals surface area contributed by atoms with Crippen molar-refractivity contribution in [1.82, 2.24) is 19.3 Å². The van der Waals surface area contributed by atoms with E-state index in [0.717, 1.165) is 5.56 Å². The molecule has 10 heteroatoms. The maximum atomic E-state index is 13.5. The van der Waals surface area contributed by atoms with Crippen molar-refractivity contribution in [2.75, 3.05) is 32.8 Å². The van der Waals surface area contributed by atoms with Crippen LogP contribution in [-0.4, -0.2) is 66.5 Å². The Kier molecular flexibility index (Phi) is 5.73. The van der Waals surface area contributed by atoms with Crippen molar-refractivity contribution >= 4 is 15.9 Å². The van der Waals surface area contributed by atoms with Crippen LogP contribution in [0.2, 0.25) is 0 Å². The van der Waals surface area contributed by atoms with Crippen molar-refractivity contribution in [3.63, 3.8) is 0 Å². The standard InChI is InChI=1S/C23H24N4O5S/c1-16-6-7-18(21-24-22(32-25-21)23(28)26-10-12-31-13-11-26)14-20(16)33(29,30)27-9-8-17-4-2-3-5-19(17)15-27/h2-7,14H,8-13,15H2,1H3. The van der Waals surface area contributed by atoms with Crippen LogP contribution >= 0.6 is 0 Å². The lowest BCUT2D eigenvalue weighted by molar-refractivity contribution is 0.0272. The molecule has 1 saturated heterocycles. The zero-order valence-electron chi connectivity index (χ0n) is 18.2. The normalized spacial score (nSPS) is 17.1. The fraction of sp³-hybridized carbons (Fsp3) is 0.348. The van der Waals surface area contributed by atoms with Crippen molar-refractivity contribution < 1.29 is 22.5 Å². The summed E-state index contributed by atoms with van der Waals surface area (Å²) in [6, 6.07) is 12.9. The van der Waals surface area contributed by atoms with E-state index in [4.69, 9.17) is 9.26 Å². The number of aryl methyl sites for hydroxylation is 1. The van der Waals surface area contributed by atoms with Gasteiger partial charge < -0.3 is 14.2 Å². The van der Waals surface area contributed by atoms with Crippen molar-refractivity contribution in [2.24, 2.45) is 0 Å². The Bertz CT molecular complexity index is 1300. The highest BCUT2D eigenvalue weighted by atomic mass is 32.2. The lowest BCUT2D eigenvalue weighted by atomic mass is 10.0. The van der Waals surface area contributed by atoms with Gasteiger partial charge in [0.25, 0.3) is 0 Å². The van der Waals surface area contributed by atoms with Crippen LogP contribution in [0.4, 0.5) is 0 Å². The zero-order chi connectivity index (χ0) is 23.0.